The van der Waals surface area contributed by atoms with Crippen molar-refractivity contribution in [1.29, 1.82) is 0 Å². The molecule has 1 aliphatic rings. The van der Waals surface area contributed by atoms with Crippen molar-refractivity contribution in [2.24, 2.45) is 0 Å². The molecule has 1 heterocycles. The molecule has 0 aliphatic carbocycles. The lowest BCUT2D eigenvalue weighted by atomic mass is 9.95. The minimum Gasteiger partial charge on any atom is -0.497 e. The second-order valence-electron chi connectivity index (χ2n) is 5.12. The number of hydrogen-bond donors (Lipinski definition) is 0. The highest BCUT2D eigenvalue weighted by atomic mass is 32.2. The van der Waals surface area contributed by atoms with E-state index in [0.29, 0.717) is 6.42 Å². The van der Waals surface area contributed by atoms with Gasteiger partial charge in [-0.2, -0.15) is 11.8 Å². The summed E-state index contributed by atoms with van der Waals surface area (Å²) in [7, 11) is 1.68. The summed E-state index contributed by atoms with van der Waals surface area (Å²) in [5.74, 6) is 2.05. The molecular formula is C16H23NO2S. The molecule has 1 saturated heterocycles. The SMILES string of the molecule is COc1cccc([C@@H]2CCCCN2C(=O)CCSC)c1. The van der Waals surface area contributed by atoms with Gasteiger partial charge in [0.05, 0.1) is 13.2 Å². The number of piperidine rings is 1. The molecule has 0 N–H and O–H groups in total. The van der Waals surface area contributed by atoms with E-state index in [4.69, 9.17) is 4.74 Å². The lowest BCUT2D eigenvalue weighted by Gasteiger charge is -2.36. The highest BCUT2D eigenvalue weighted by Crippen LogP contribution is 2.33. The predicted molar refractivity (Wildman–Crippen MR) is 84.3 cm³/mol. The Morgan fingerprint density at radius 1 is 1.45 bits per heavy atom. The van der Waals surface area contributed by atoms with Gasteiger partial charge in [0.25, 0.3) is 0 Å². The highest BCUT2D eigenvalue weighted by Gasteiger charge is 2.27. The van der Waals surface area contributed by atoms with E-state index < -0.39 is 0 Å². The summed E-state index contributed by atoms with van der Waals surface area (Å²) in [5.41, 5.74) is 1.20. The van der Waals surface area contributed by atoms with Crippen molar-refractivity contribution >= 4 is 17.7 Å². The van der Waals surface area contributed by atoms with Crippen LogP contribution < -0.4 is 4.74 Å². The zero-order valence-corrected chi connectivity index (χ0v) is 13.1. The summed E-state index contributed by atoms with van der Waals surface area (Å²) in [6, 6.07) is 8.34. The minimum absolute atomic E-state index is 0.216. The van der Waals surface area contributed by atoms with E-state index >= 15 is 0 Å². The van der Waals surface area contributed by atoms with E-state index in [2.05, 4.69) is 17.0 Å². The van der Waals surface area contributed by atoms with Gasteiger partial charge < -0.3 is 9.64 Å². The van der Waals surface area contributed by atoms with Gasteiger partial charge in [0, 0.05) is 18.7 Å². The quantitative estimate of drug-likeness (QED) is 0.832. The second-order valence-corrected chi connectivity index (χ2v) is 6.10. The minimum atomic E-state index is 0.216. The van der Waals surface area contributed by atoms with Gasteiger partial charge in [0.1, 0.15) is 5.75 Å². The number of carbonyl (C=O) groups excluding carboxylic acids is 1. The molecule has 0 unspecified atom stereocenters. The summed E-state index contributed by atoms with van der Waals surface area (Å²) >= 11 is 1.73. The van der Waals surface area contributed by atoms with Crippen LogP contribution in [0.25, 0.3) is 0 Å². The largest absolute Gasteiger partial charge is 0.497 e. The van der Waals surface area contributed by atoms with Crippen LogP contribution in [0.4, 0.5) is 0 Å². The smallest absolute Gasteiger partial charge is 0.223 e. The van der Waals surface area contributed by atoms with Crippen molar-refractivity contribution in [3.05, 3.63) is 29.8 Å². The fraction of sp³-hybridized carbons (Fsp3) is 0.562. The van der Waals surface area contributed by atoms with Crippen LogP contribution in [0.15, 0.2) is 24.3 Å². The molecule has 1 fully saturated rings. The summed E-state index contributed by atoms with van der Waals surface area (Å²) in [6.45, 7) is 0.884. The molecule has 110 valence electrons. The van der Waals surface area contributed by atoms with Crippen LogP contribution in [0.2, 0.25) is 0 Å². The molecule has 3 nitrogen and oxygen atoms in total. The van der Waals surface area contributed by atoms with Gasteiger partial charge in [-0.15, -0.1) is 0 Å². The number of benzene rings is 1. The van der Waals surface area contributed by atoms with Crippen molar-refractivity contribution in [2.75, 3.05) is 25.7 Å². The number of likely N-dealkylation sites (tertiary alicyclic amines) is 1. The Hall–Kier alpha value is -1.16. The maximum atomic E-state index is 12.4. The Labute approximate surface area is 125 Å². The summed E-state index contributed by atoms with van der Waals surface area (Å²) in [6.07, 6.45) is 6.04. The van der Waals surface area contributed by atoms with Crippen molar-refractivity contribution < 1.29 is 9.53 Å². The third-order valence-corrected chi connectivity index (χ3v) is 4.43. The average Bonchev–Trinajstić information content (AvgIpc) is 2.52. The maximum absolute atomic E-state index is 12.4. The van der Waals surface area contributed by atoms with Crippen LogP contribution in [0.5, 0.6) is 5.75 Å². The molecule has 0 saturated carbocycles. The van der Waals surface area contributed by atoms with Crippen LogP contribution in [-0.2, 0) is 4.79 Å². The topological polar surface area (TPSA) is 29.5 Å². The van der Waals surface area contributed by atoms with E-state index in [1.165, 1.54) is 12.0 Å². The van der Waals surface area contributed by atoms with Crippen LogP contribution in [0.1, 0.15) is 37.3 Å². The average molecular weight is 293 g/mol. The van der Waals surface area contributed by atoms with Crippen molar-refractivity contribution in [1.82, 2.24) is 4.90 Å². The van der Waals surface area contributed by atoms with E-state index in [1.807, 2.05) is 18.4 Å². The molecule has 1 aliphatic heterocycles. The Balaban J connectivity index is 2.15. The van der Waals surface area contributed by atoms with Crippen LogP contribution >= 0.6 is 11.8 Å². The molecule has 20 heavy (non-hydrogen) atoms. The Morgan fingerprint density at radius 3 is 3.05 bits per heavy atom. The third kappa shape index (κ3) is 3.69. The Bertz CT molecular complexity index is 450. The lowest BCUT2D eigenvalue weighted by molar-refractivity contribution is -0.134. The fourth-order valence-corrected chi connectivity index (χ4v) is 3.14. The van der Waals surface area contributed by atoms with Gasteiger partial charge in [-0.05, 0) is 43.2 Å². The number of ether oxygens (including phenoxy) is 1. The fourth-order valence-electron chi connectivity index (χ4n) is 2.76. The van der Waals surface area contributed by atoms with Crippen molar-refractivity contribution in [2.45, 2.75) is 31.7 Å². The van der Waals surface area contributed by atoms with E-state index in [-0.39, 0.29) is 11.9 Å². The molecule has 4 heteroatoms. The van der Waals surface area contributed by atoms with Crippen LogP contribution in [0, 0.1) is 0 Å². The van der Waals surface area contributed by atoms with Crippen molar-refractivity contribution in [3.8, 4) is 5.75 Å². The molecule has 0 spiro atoms. The van der Waals surface area contributed by atoms with Gasteiger partial charge in [0.2, 0.25) is 5.91 Å². The molecule has 1 aromatic carbocycles. The van der Waals surface area contributed by atoms with Crippen molar-refractivity contribution in [3.63, 3.8) is 0 Å². The van der Waals surface area contributed by atoms with Gasteiger partial charge in [0.15, 0.2) is 0 Å². The first-order valence-electron chi connectivity index (χ1n) is 7.18. The number of amides is 1. The Kier molecular flexibility index (Phi) is 5.77. The van der Waals surface area contributed by atoms with E-state index in [1.54, 1.807) is 18.9 Å². The zero-order chi connectivity index (χ0) is 14.4. The molecule has 1 amide bonds. The number of nitrogens with zero attached hydrogens (tertiary/aromatic N) is 1. The first-order valence-corrected chi connectivity index (χ1v) is 8.58. The summed E-state index contributed by atoms with van der Waals surface area (Å²) in [4.78, 5) is 14.4. The standard InChI is InChI=1S/C16H23NO2S/c1-19-14-7-5-6-13(12-14)15-8-3-4-10-17(15)16(18)9-11-20-2/h5-7,12,15H,3-4,8-11H2,1-2H3/t15-/m0/s1. The number of rotatable bonds is 5. The first-order chi connectivity index (χ1) is 9.76. The highest BCUT2D eigenvalue weighted by molar-refractivity contribution is 7.98. The monoisotopic (exact) mass is 293 g/mol. The molecular weight excluding hydrogens is 270 g/mol. The molecule has 0 radical (unpaired) electrons. The van der Waals surface area contributed by atoms with Crippen LogP contribution in [-0.4, -0.2) is 36.5 Å². The second kappa shape index (κ2) is 7.58. The summed E-state index contributed by atoms with van der Waals surface area (Å²) in [5, 5.41) is 0. The summed E-state index contributed by atoms with van der Waals surface area (Å²) < 4.78 is 5.30. The number of methoxy groups -OCH3 is 1. The lowest BCUT2D eigenvalue weighted by Crippen LogP contribution is -2.38. The molecule has 1 aromatic rings. The molecule has 1 atom stereocenters. The van der Waals surface area contributed by atoms with E-state index in [0.717, 1.165) is 30.9 Å². The van der Waals surface area contributed by atoms with Gasteiger partial charge in [-0.3, -0.25) is 4.79 Å². The normalized spacial score (nSPS) is 18.9. The van der Waals surface area contributed by atoms with Gasteiger partial charge in [-0.1, -0.05) is 12.1 Å². The predicted octanol–water partition coefficient (Wildman–Crippen LogP) is 3.50. The zero-order valence-electron chi connectivity index (χ0n) is 12.3. The number of hydrogen-bond acceptors (Lipinski definition) is 3. The maximum Gasteiger partial charge on any atom is 0.223 e. The van der Waals surface area contributed by atoms with Crippen LogP contribution in [0.3, 0.4) is 0 Å². The van der Waals surface area contributed by atoms with E-state index in [9.17, 15) is 4.79 Å². The van der Waals surface area contributed by atoms with Gasteiger partial charge >= 0.3 is 0 Å². The number of carbonyl (C=O) groups is 1. The third-order valence-electron chi connectivity index (χ3n) is 3.82. The Morgan fingerprint density at radius 2 is 2.30 bits per heavy atom. The molecule has 2 rings (SSSR count). The van der Waals surface area contributed by atoms with Gasteiger partial charge in [-0.25, -0.2) is 0 Å². The number of thioether (sulfide) groups is 1. The molecule has 0 bridgehead atoms. The molecule has 0 aromatic heterocycles. The first kappa shape index (κ1) is 15.2.